The van der Waals surface area contributed by atoms with Crippen molar-refractivity contribution >= 4 is 33.4 Å². The molecule has 0 aromatic heterocycles. The van der Waals surface area contributed by atoms with E-state index >= 15 is 0 Å². The van der Waals surface area contributed by atoms with Gasteiger partial charge < -0.3 is 4.90 Å². The second-order valence-corrected chi connectivity index (χ2v) is 13.8. The number of benzene rings is 5. The standard InChI is InChI=1S/C43H41N/c1-29-17-18-32(27-29)30-19-21-33(22-20-30)44(34-23-24-38-37-14-9-10-16-40(37)43(2,3)41(38)28-34)42-26-25-35(31-11-5-4-6-12-31)36-13-7-8-15-39(36)42/h5,7-16,19-26,28-29,32H,4,6,17-18,27H2,1-3H3. The molecule has 5 aromatic rings. The van der Waals surface area contributed by atoms with Gasteiger partial charge in [0.1, 0.15) is 0 Å². The third-order valence-corrected chi connectivity index (χ3v) is 10.6. The van der Waals surface area contributed by atoms with Gasteiger partial charge in [0, 0.05) is 22.2 Å². The summed E-state index contributed by atoms with van der Waals surface area (Å²) in [5.41, 5.74) is 13.3. The van der Waals surface area contributed by atoms with Crippen molar-refractivity contribution in [1.29, 1.82) is 0 Å². The minimum atomic E-state index is -0.0532. The van der Waals surface area contributed by atoms with Gasteiger partial charge in [-0.15, -0.1) is 0 Å². The molecule has 0 bridgehead atoms. The molecule has 3 aliphatic carbocycles. The van der Waals surface area contributed by atoms with Crippen LogP contribution in [-0.2, 0) is 5.41 Å². The zero-order chi connectivity index (χ0) is 29.8. The van der Waals surface area contributed by atoms with Crippen LogP contribution in [0.1, 0.15) is 81.0 Å². The van der Waals surface area contributed by atoms with Crippen LogP contribution in [0.25, 0.3) is 27.5 Å². The Kier molecular flexibility index (Phi) is 6.60. The van der Waals surface area contributed by atoms with Crippen molar-refractivity contribution in [3.63, 3.8) is 0 Å². The SMILES string of the molecule is CC1CCC(c2ccc(N(c3ccc4c(c3)C(C)(C)c3ccccc3-4)c3ccc(C4=CCCC=C4)c4ccccc34)cc2)C1. The highest BCUT2D eigenvalue weighted by atomic mass is 15.1. The van der Waals surface area contributed by atoms with Crippen molar-refractivity contribution in [1.82, 2.24) is 0 Å². The van der Waals surface area contributed by atoms with Gasteiger partial charge in [0.15, 0.2) is 0 Å². The lowest BCUT2D eigenvalue weighted by molar-refractivity contribution is 0.596. The van der Waals surface area contributed by atoms with Gasteiger partial charge in [-0.3, -0.25) is 0 Å². The normalized spacial score (nSPS) is 19.9. The molecule has 1 heteroatoms. The smallest absolute Gasteiger partial charge is 0.0540 e. The van der Waals surface area contributed by atoms with Crippen LogP contribution in [0.4, 0.5) is 17.1 Å². The fraction of sp³-hybridized carbons (Fsp3) is 0.256. The Labute approximate surface area is 262 Å². The number of allylic oxidation sites excluding steroid dienone is 4. The second kappa shape index (κ2) is 10.7. The first-order valence-electron chi connectivity index (χ1n) is 16.5. The van der Waals surface area contributed by atoms with Crippen LogP contribution in [0, 0.1) is 5.92 Å². The molecule has 1 fully saturated rings. The molecule has 0 amide bonds. The molecule has 44 heavy (non-hydrogen) atoms. The van der Waals surface area contributed by atoms with Gasteiger partial charge in [0.25, 0.3) is 0 Å². The van der Waals surface area contributed by atoms with E-state index in [1.165, 1.54) is 86.1 Å². The average molecular weight is 572 g/mol. The van der Waals surface area contributed by atoms with Crippen molar-refractivity contribution in [3.8, 4) is 11.1 Å². The van der Waals surface area contributed by atoms with E-state index in [1.807, 2.05) is 0 Å². The van der Waals surface area contributed by atoms with Crippen LogP contribution in [0.15, 0.2) is 121 Å². The molecule has 0 radical (unpaired) electrons. The van der Waals surface area contributed by atoms with Gasteiger partial charge in [-0.2, -0.15) is 0 Å². The first kappa shape index (κ1) is 27.2. The first-order chi connectivity index (χ1) is 21.5. The van der Waals surface area contributed by atoms with E-state index in [4.69, 9.17) is 0 Å². The van der Waals surface area contributed by atoms with Gasteiger partial charge in [-0.25, -0.2) is 0 Å². The topological polar surface area (TPSA) is 3.24 Å². The maximum atomic E-state index is 2.50. The predicted molar refractivity (Wildman–Crippen MR) is 188 cm³/mol. The van der Waals surface area contributed by atoms with E-state index < -0.39 is 0 Å². The molecule has 0 spiro atoms. The van der Waals surface area contributed by atoms with E-state index in [-0.39, 0.29) is 5.41 Å². The van der Waals surface area contributed by atoms with E-state index in [2.05, 4.69) is 147 Å². The van der Waals surface area contributed by atoms with E-state index in [0.717, 1.165) is 18.8 Å². The summed E-state index contributed by atoms with van der Waals surface area (Å²) in [5.74, 6) is 1.51. The molecule has 218 valence electrons. The molecular formula is C43H41N. The van der Waals surface area contributed by atoms with Gasteiger partial charge in [-0.1, -0.05) is 118 Å². The Balaban J connectivity index is 1.30. The number of nitrogens with zero attached hydrogens (tertiary/aromatic N) is 1. The summed E-state index contributed by atoms with van der Waals surface area (Å²) >= 11 is 0. The Bertz CT molecular complexity index is 1940. The quantitative estimate of drug-likeness (QED) is 0.203. The van der Waals surface area contributed by atoms with E-state index in [1.54, 1.807) is 0 Å². The van der Waals surface area contributed by atoms with Crippen molar-refractivity contribution in [2.24, 2.45) is 5.92 Å². The maximum Gasteiger partial charge on any atom is 0.0540 e. The van der Waals surface area contributed by atoms with Crippen molar-refractivity contribution in [2.45, 2.75) is 64.2 Å². The average Bonchev–Trinajstić information content (AvgIpc) is 3.60. The Morgan fingerprint density at radius 2 is 1.39 bits per heavy atom. The summed E-state index contributed by atoms with van der Waals surface area (Å²) in [5, 5.41) is 2.58. The van der Waals surface area contributed by atoms with Crippen LogP contribution in [0.3, 0.4) is 0 Å². The van der Waals surface area contributed by atoms with Gasteiger partial charge in [0.2, 0.25) is 0 Å². The van der Waals surface area contributed by atoms with Crippen molar-refractivity contribution in [3.05, 3.63) is 144 Å². The number of hydrogen-bond donors (Lipinski definition) is 0. The summed E-state index contributed by atoms with van der Waals surface area (Å²) in [6, 6.07) is 39.2. The van der Waals surface area contributed by atoms with Crippen LogP contribution in [-0.4, -0.2) is 0 Å². The molecule has 5 aromatic carbocycles. The molecule has 2 unspecified atom stereocenters. The third kappa shape index (κ3) is 4.44. The summed E-state index contributed by atoms with van der Waals surface area (Å²) in [4.78, 5) is 2.50. The highest BCUT2D eigenvalue weighted by molar-refractivity contribution is 6.05. The molecule has 0 saturated heterocycles. The number of rotatable bonds is 5. The van der Waals surface area contributed by atoms with Crippen LogP contribution < -0.4 is 4.90 Å². The summed E-state index contributed by atoms with van der Waals surface area (Å²) in [6.45, 7) is 7.15. The molecule has 0 N–H and O–H groups in total. The zero-order valence-electron chi connectivity index (χ0n) is 26.2. The molecular weight excluding hydrogens is 530 g/mol. The van der Waals surface area contributed by atoms with E-state index in [9.17, 15) is 0 Å². The Hall–Kier alpha value is -4.36. The fourth-order valence-electron chi connectivity index (χ4n) is 8.21. The van der Waals surface area contributed by atoms with Crippen LogP contribution >= 0.6 is 0 Å². The fourth-order valence-corrected chi connectivity index (χ4v) is 8.21. The minimum Gasteiger partial charge on any atom is -0.310 e. The molecule has 3 aliphatic rings. The monoisotopic (exact) mass is 571 g/mol. The summed E-state index contributed by atoms with van der Waals surface area (Å²) in [6.07, 6.45) is 13.2. The summed E-state index contributed by atoms with van der Waals surface area (Å²) in [7, 11) is 0. The Morgan fingerprint density at radius 3 is 2.16 bits per heavy atom. The molecule has 1 saturated carbocycles. The lowest BCUT2D eigenvalue weighted by Gasteiger charge is -2.30. The minimum absolute atomic E-state index is 0.0532. The maximum absolute atomic E-state index is 2.50. The number of fused-ring (bicyclic) bond motifs is 4. The molecule has 2 atom stereocenters. The van der Waals surface area contributed by atoms with Crippen molar-refractivity contribution in [2.75, 3.05) is 4.90 Å². The van der Waals surface area contributed by atoms with Gasteiger partial charge >= 0.3 is 0 Å². The van der Waals surface area contributed by atoms with Crippen LogP contribution in [0.2, 0.25) is 0 Å². The molecule has 0 aliphatic heterocycles. The number of hydrogen-bond acceptors (Lipinski definition) is 1. The largest absolute Gasteiger partial charge is 0.310 e. The van der Waals surface area contributed by atoms with Crippen molar-refractivity contribution < 1.29 is 0 Å². The predicted octanol–water partition coefficient (Wildman–Crippen LogP) is 12.3. The molecule has 1 nitrogen and oxygen atoms in total. The molecule has 0 heterocycles. The lowest BCUT2D eigenvalue weighted by atomic mass is 9.82. The Morgan fingerprint density at radius 1 is 0.659 bits per heavy atom. The lowest BCUT2D eigenvalue weighted by Crippen LogP contribution is -2.16. The van der Waals surface area contributed by atoms with E-state index in [0.29, 0.717) is 5.92 Å². The highest BCUT2D eigenvalue weighted by Gasteiger charge is 2.36. The number of anilines is 3. The first-order valence-corrected chi connectivity index (χ1v) is 16.5. The summed E-state index contributed by atoms with van der Waals surface area (Å²) < 4.78 is 0. The molecule has 8 rings (SSSR count). The van der Waals surface area contributed by atoms with Crippen LogP contribution in [0.5, 0.6) is 0 Å². The zero-order valence-corrected chi connectivity index (χ0v) is 26.2. The highest BCUT2D eigenvalue weighted by Crippen LogP contribution is 2.51. The second-order valence-electron chi connectivity index (χ2n) is 13.8. The van der Waals surface area contributed by atoms with Gasteiger partial charge in [-0.05, 0) is 112 Å². The third-order valence-electron chi connectivity index (χ3n) is 10.6. The van der Waals surface area contributed by atoms with Gasteiger partial charge in [0.05, 0.1) is 5.69 Å².